The van der Waals surface area contributed by atoms with Gasteiger partial charge in [-0.3, -0.25) is 4.79 Å². The van der Waals surface area contributed by atoms with Crippen molar-refractivity contribution < 1.29 is 4.79 Å². The highest BCUT2D eigenvalue weighted by Crippen LogP contribution is 2.27. The molecule has 4 N–H and O–H groups in total. The van der Waals surface area contributed by atoms with Crippen LogP contribution in [-0.2, 0) is 0 Å². The molecule has 19 heavy (non-hydrogen) atoms. The number of rotatable bonds is 5. The zero-order valence-corrected chi connectivity index (χ0v) is 11.2. The van der Waals surface area contributed by atoms with Gasteiger partial charge in [-0.25, -0.2) is 0 Å². The Morgan fingerprint density at radius 3 is 2.95 bits per heavy atom. The van der Waals surface area contributed by atoms with E-state index in [9.17, 15) is 4.79 Å². The normalized spacial score (nSPS) is 10.1. The Bertz CT molecular complexity index is 592. The van der Waals surface area contributed by atoms with Crippen LogP contribution in [0.15, 0.2) is 54.1 Å². The van der Waals surface area contributed by atoms with Crippen molar-refractivity contribution in [1.82, 2.24) is 4.98 Å². The number of nitrogen functional groups attached to an aromatic ring is 1. The molecule has 4 nitrogen and oxygen atoms in total. The lowest BCUT2D eigenvalue weighted by Crippen LogP contribution is -2.12. The summed E-state index contributed by atoms with van der Waals surface area (Å²) in [5.74, 6) is 0.589. The molecule has 2 rings (SSSR count). The van der Waals surface area contributed by atoms with E-state index in [-0.39, 0.29) is 5.91 Å². The predicted octanol–water partition coefficient (Wildman–Crippen LogP) is 3.13. The van der Waals surface area contributed by atoms with Crippen molar-refractivity contribution in [1.29, 1.82) is 0 Å². The van der Waals surface area contributed by atoms with E-state index in [0.29, 0.717) is 11.4 Å². The summed E-state index contributed by atoms with van der Waals surface area (Å²) in [6, 6.07) is 9.27. The van der Waals surface area contributed by atoms with E-state index in [1.807, 2.05) is 30.3 Å². The van der Waals surface area contributed by atoms with Crippen LogP contribution in [0.5, 0.6) is 0 Å². The maximum Gasteiger partial charge on any atom is 0.272 e. The van der Waals surface area contributed by atoms with E-state index in [4.69, 9.17) is 5.73 Å². The van der Waals surface area contributed by atoms with Crippen LogP contribution in [0.3, 0.4) is 0 Å². The number of hydrogen-bond donors (Lipinski definition) is 3. The fraction of sp³-hybridized carbons (Fsp3) is 0.0714. The smallest absolute Gasteiger partial charge is 0.272 e. The van der Waals surface area contributed by atoms with Gasteiger partial charge in [-0.15, -0.1) is 18.3 Å². The van der Waals surface area contributed by atoms with Gasteiger partial charge in [0, 0.05) is 22.5 Å². The van der Waals surface area contributed by atoms with E-state index in [2.05, 4.69) is 16.9 Å². The van der Waals surface area contributed by atoms with Gasteiger partial charge in [0.15, 0.2) is 0 Å². The molecule has 1 amide bonds. The zero-order chi connectivity index (χ0) is 13.7. The number of amides is 1. The summed E-state index contributed by atoms with van der Waals surface area (Å²) < 4.78 is 0. The minimum Gasteiger partial charge on any atom is -0.397 e. The number of carbonyl (C=O) groups is 1. The molecule has 1 aromatic heterocycles. The van der Waals surface area contributed by atoms with Crippen molar-refractivity contribution in [3.63, 3.8) is 0 Å². The first-order valence-electron chi connectivity index (χ1n) is 5.78. The third kappa shape index (κ3) is 3.42. The molecule has 0 fully saturated rings. The Kier molecular flexibility index (Phi) is 4.30. The maximum atomic E-state index is 12.0. The summed E-state index contributed by atoms with van der Waals surface area (Å²) in [6.07, 6.45) is 3.42. The predicted molar refractivity (Wildman–Crippen MR) is 80.5 cm³/mol. The topological polar surface area (TPSA) is 70.9 Å². The summed E-state index contributed by atoms with van der Waals surface area (Å²) in [6.45, 7) is 3.69. The molecule has 0 aliphatic carbocycles. The lowest BCUT2D eigenvalue weighted by atomic mass is 10.3. The van der Waals surface area contributed by atoms with Gasteiger partial charge < -0.3 is 16.0 Å². The first-order valence-corrected chi connectivity index (χ1v) is 6.77. The summed E-state index contributed by atoms with van der Waals surface area (Å²) in [5, 5.41) is 2.87. The Morgan fingerprint density at radius 1 is 1.47 bits per heavy atom. The van der Waals surface area contributed by atoms with Crippen molar-refractivity contribution >= 4 is 29.0 Å². The van der Waals surface area contributed by atoms with Crippen molar-refractivity contribution in [2.75, 3.05) is 16.8 Å². The standard InChI is InChI=1S/C14H15N3OS/c1-2-7-19-13-6-4-3-5-11(13)17-14(18)12-8-10(15)9-16-12/h2-6,8-9,16H,1,7,15H2,(H,17,18). The van der Waals surface area contributed by atoms with Crippen LogP contribution in [0.1, 0.15) is 10.5 Å². The summed E-state index contributed by atoms with van der Waals surface area (Å²) in [4.78, 5) is 15.9. The Labute approximate surface area is 116 Å². The Hall–Kier alpha value is -2.14. The highest BCUT2D eigenvalue weighted by atomic mass is 32.2. The van der Waals surface area contributed by atoms with Crippen LogP contribution < -0.4 is 11.1 Å². The van der Waals surface area contributed by atoms with E-state index in [1.165, 1.54) is 0 Å². The quantitative estimate of drug-likeness (QED) is 0.579. The number of nitrogens with two attached hydrogens (primary N) is 1. The van der Waals surface area contributed by atoms with Crippen LogP contribution in [0, 0.1) is 0 Å². The number of nitrogens with one attached hydrogen (secondary N) is 2. The number of para-hydroxylation sites is 1. The zero-order valence-electron chi connectivity index (χ0n) is 10.3. The van der Waals surface area contributed by atoms with E-state index in [0.717, 1.165) is 16.3 Å². The molecule has 0 aliphatic heterocycles. The van der Waals surface area contributed by atoms with Crippen LogP contribution in [-0.4, -0.2) is 16.6 Å². The first-order chi connectivity index (χ1) is 9.20. The van der Waals surface area contributed by atoms with E-state index in [1.54, 1.807) is 24.0 Å². The lowest BCUT2D eigenvalue weighted by molar-refractivity contribution is 0.102. The monoisotopic (exact) mass is 273 g/mol. The fourth-order valence-corrected chi connectivity index (χ4v) is 2.32. The highest BCUT2D eigenvalue weighted by Gasteiger charge is 2.10. The average Bonchev–Trinajstić information content (AvgIpc) is 2.84. The van der Waals surface area contributed by atoms with Crippen molar-refractivity contribution in [3.8, 4) is 0 Å². The molecule has 0 bridgehead atoms. The van der Waals surface area contributed by atoms with E-state index < -0.39 is 0 Å². The number of carbonyl (C=O) groups excluding carboxylic acids is 1. The molecule has 2 aromatic rings. The fourth-order valence-electron chi connectivity index (χ4n) is 1.58. The highest BCUT2D eigenvalue weighted by molar-refractivity contribution is 7.99. The second-order valence-electron chi connectivity index (χ2n) is 3.90. The minimum atomic E-state index is -0.205. The third-order valence-corrected chi connectivity index (χ3v) is 3.51. The van der Waals surface area contributed by atoms with Gasteiger partial charge in [-0.1, -0.05) is 18.2 Å². The molecular formula is C14H15N3OS. The van der Waals surface area contributed by atoms with Crippen molar-refractivity contribution in [2.24, 2.45) is 0 Å². The molecule has 0 spiro atoms. The number of anilines is 2. The number of H-pyrrole nitrogens is 1. The Morgan fingerprint density at radius 2 is 2.26 bits per heavy atom. The number of thioether (sulfide) groups is 1. The van der Waals surface area contributed by atoms with Gasteiger partial charge in [0.25, 0.3) is 5.91 Å². The van der Waals surface area contributed by atoms with E-state index >= 15 is 0 Å². The van der Waals surface area contributed by atoms with Crippen LogP contribution in [0.2, 0.25) is 0 Å². The molecular weight excluding hydrogens is 258 g/mol. The summed E-state index contributed by atoms with van der Waals surface area (Å²) in [7, 11) is 0. The number of benzene rings is 1. The second-order valence-corrected chi connectivity index (χ2v) is 4.96. The van der Waals surface area contributed by atoms with Gasteiger partial charge in [0.2, 0.25) is 0 Å². The number of hydrogen-bond acceptors (Lipinski definition) is 3. The SMILES string of the molecule is C=CCSc1ccccc1NC(=O)c1cc(N)c[nH]1. The first kappa shape index (κ1) is 13.3. The van der Waals surface area contributed by atoms with Crippen LogP contribution >= 0.6 is 11.8 Å². The van der Waals surface area contributed by atoms with Gasteiger partial charge in [0.05, 0.1) is 5.69 Å². The molecule has 5 heteroatoms. The lowest BCUT2D eigenvalue weighted by Gasteiger charge is -2.09. The molecule has 1 heterocycles. The molecule has 0 saturated heterocycles. The molecule has 0 atom stereocenters. The second kappa shape index (κ2) is 6.15. The summed E-state index contributed by atoms with van der Waals surface area (Å²) >= 11 is 1.62. The van der Waals surface area contributed by atoms with Crippen LogP contribution in [0.25, 0.3) is 0 Å². The third-order valence-electron chi connectivity index (χ3n) is 2.44. The van der Waals surface area contributed by atoms with Gasteiger partial charge in [0.1, 0.15) is 5.69 Å². The van der Waals surface area contributed by atoms with Gasteiger partial charge in [-0.05, 0) is 18.2 Å². The molecule has 98 valence electrons. The van der Waals surface area contributed by atoms with Crippen molar-refractivity contribution in [3.05, 3.63) is 54.9 Å². The molecule has 0 unspecified atom stereocenters. The molecule has 1 aromatic carbocycles. The molecule has 0 aliphatic rings. The maximum absolute atomic E-state index is 12.0. The minimum absolute atomic E-state index is 0.205. The molecule has 0 radical (unpaired) electrons. The van der Waals surface area contributed by atoms with Gasteiger partial charge in [-0.2, -0.15) is 0 Å². The largest absolute Gasteiger partial charge is 0.397 e. The van der Waals surface area contributed by atoms with Crippen LogP contribution in [0.4, 0.5) is 11.4 Å². The van der Waals surface area contributed by atoms with Crippen molar-refractivity contribution in [2.45, 2.75) is 4.90 Å². The number of aromatic nitrogens is 1. The van der Waals surface area contributed by atoms with Gasteiger partial charge >= 0.3 is 0 Å². The number of aromatic amines is 1. The molecule has 0 saturated carbocycles. The average molecular weight is 273 g/mol. The Balaban J connectivity index is 2.14. The summed E-state index contributed by atoms with van der Waals surface area (Å²) in [5.41, 5.74) is 7.35.